The SMILES string of the molecule is COCCOc1ccc(C(=O)Oc2ccccc2Cl)cc1. The molecule has 0 fully saturated rings. The van der Waals surface area contributed by atoms with Gasteiger partial charge in [0, 0.05) is 7.11 Å². The lowest BCUT2D eigenvalue weighted by Crippen LogP contribution is -2.09. The van der Waals surface area contributed by atoms with Crippen LogP contribution in [0.5, 0.6) is 11.5 Å². The van der Waals surface area contributed by atoms with Crippen LogP contribution in [0.1, 0.15) is 10.4 Å². The van der Waals surface area contributed by atoms with E-state index < -0.39 is 5.97 Å². The van der Waals surface area contributed by atoms with E-state index in [0.29, 0.717) is 35.3 Å². The number of hydrogen-bond acceptors (Lipinski definition) is 4. The minimum absolute atomic E-state index is 0.338. The van der Waals surface area contributed by atoms with Gasteiger partial charge in [-0.25, -0.2) is 4.79 Å². The molecular weight excluding hydrogens is 292 g/mol. The Hall–Kier alpha value is -2.04. The fraction of sp³-hybridized carbons (Fsp3) is 0.188. The molecule has 0 amide bonds. The summed E-state index contributed by atoms with van der Waals surface area (Å²) < 4.78 is 15.5. The molecule has 2 rings (SSSR count). The quantitative estimate of drug-likeness (QED) is 0.465. The molecule has 110 valence electrons. The molecule has 0 aliphatic rings. The van der Waals surface area contributed by atoms with Crippen molar-refractivity contribution >= 4 is 17.6 Å². The highest BCUT2D eigenvalue weighted by Gasteiger charge is 2.10. The average Bonchev–Trinajstić information content (AvgIpc) is 2.50. The highest BCUT2D eigenvalue weighted by atomic mass is 35.5. The number of para-hydroxylation sites is 1. The molecule has 0 aromatic heterocycles. The molecule has 0 bridgehead atoms. The molecular formula is C16H15ClO4. The Kier molecular flexibility index (Phi) is 5.60. The first kappa shape index (κ1) is 15.4. The zero-order chi connectivity index (χ0) is 15.1. The topological polar surface area (TPSA) is 44.8 Å². The lowest BCUT2D eigenvalue weighted by atomic mass is 10.2. The van der Waals surface area contributed by atoms with E-state index in [1.54, 1.807) is 55.6 Å². The molecule has 0 radical (unpaired) electrons. The third kappa shape index (κ3) is 4.48. The van der Waals surface area contributed by atoms with Crippen molar-refractivity contribution in [3.8, 4) is 11.5 Å². The summed E-state index contributed by atoms with van der Waals surface area (Å²) >= 11 is 5.94. The van der Waals surface area contributed by atoms with Gasteiger partial charge in [0.15, 0.2) is 0 Å². The van der Waals surface area contributed by atoms with Crippen LogP contribution in [0.15, 0.2) is 48.5 Å². The lowest BCUT2D eigenvalue weighted by Gasteiger charge is -2.08. The Morgan fingerprint density at radius 1 is 1.05 bits per heavy atom. The number of ether oxygens (including phenoxy) is 3. The van der Waals surface area contributed by atoms with Crippen molar-refractivity contribution in [2.45, 2.75) is 0 Å². The summed E-state index contributed by atoms with van der Waals surface area (Å²) in [5.74, 6) is 0.539. The summed E-state index contributed by atoms with van der Waals surface area (Å²) in [5.41, 5.74) is 0.425. The maximum atomic E-state index is 12.0. The molecule has 0 aliphatic heterocycles. The Morgan fingerprint density at radius 2 is 1.76 bits per heavy atom. The van der Waals surface area contributed by atoms with Crippen LogP contribution in [-0.2, 0) is 4.74 Å². The van der Waals surface area contributed by atoms with Gasteiger partial charge < -0.3 is 14.2 Å². The van der Waals surface area contributed by atoms with Crippen LogP contribution < -0.4 is 9.47 Å². The highest BCUT2D eigenvalue weighted by molar-refractivity contribution is 6.32. The van der Waals surface area contributed by atoms with Crippen molar-refractivity contribution in [2.75, 3.05) is 20.3 Å². The van der Waals surface area contributed by atoms with Crippen LogP contribution in [0.25, 0.3) is 0 Å². The summed E-state index contributed by atoms with van der Waals surface area (Å²) in [7, 11) is 1.61. The number of carbonyl (C=O) groups excluding carboxylic acids is 1. The molecule has 0 spiro atoms. The van der Waals surface area contributed by atoms with E-state index in [4.69, 9.17) is 25.8 Å². The smallest absolute Gasteiger partial charge is 0.343 e. The molecule has 4 nitrogen and oxygen atoms in total. The maximum Gasteiger partial charge on any atom is 0.343 e. The van der Waals surface area contributed by atoms with E-state index >= 15 is 0 Å². The third-order valence-corrected chi connectivity index (χ3v) is 3.00. The predicted octanol–water partition coefficient (Wildman–Crippen LogP) is 3.58. The van der Waals surface area contributed by atoms with Crippen molar-refractivity contribution in [1.29, 1.82) is 0 Å². The molecule has 0 heterocycles. The minimum Gasteiger partial charge on any atom is -0.491 e. The molecule has 2 aromatic rings. The van der Waals surface area contributed by atoms with Gasteiger partial charge in [0.25, 0.3) is 0 Å². The second-order valence-corrected chi connectivity index (χ2v) is 4.59. The second kappa shape index (κ2) is 7.67. The van der Waals surface area contributed by atoms with Gasteiger partial charge in [-0.05, 0) is 36.4 Å². The molecule has 0 saturated heterocycles. The van der Waals surface area contributed by atoms with Crippen molar-refractivity contribution < 1.29 is 19.0 Å². The van der Waals surface area contributed by atoms with Crippen molar-refractivity contribution in [3.63, 3.8) is 0 Å². The number of esters is 1. The van der Waals surface area contributed by atoms with E-state index in [9.17, 15) is 4.79 Å². The largest absolute Gasteiger partial charge is 0.491 e. The molecule has 5 heteroatoms. The van der Waals surface area contributed by atoms with E-state index in [-0.39, 0.29) is 0 Å². The molecule has 0 unspecified atom stereocenters. The Morgan fingerprint density at radius 3 is 2.43 bits per heavy atom. The van der Waals surface area contributed by atoms with E-state index in [0.717, 1.165) is 0 Å². The monoisotopic (exact) mass is 306 g/mol. The Bertz CT molecular complexity index is 595. The van der Waals surface area contributed by atoms with Gasteiger partial charge in [-0.1, -0.05) is 23.7 Å². The first-order chi connectivity index (χ1) is 10.2. The zero-order valence-electron chi connectivity index (χ0n) is 11.5. The van der Waals surface area contributed by atoms with Gasteiger partial charge in [-0.3, -0.25) is 0 Å². The maximum absolute atomic E-state index is 12.0. The normalized spacial score (nSPS) is 10.2. The van der Waals surface area contributed by atoms with Gasteiger partial charge in [-0.15, -0.1) is 0 Å². The van der Waals surface area contributed by atoms with E-state index in [1.807, 2.05) is 0 Å². The summed E-state index contributed by atoms with van der Waals surface area (Å²) in [4.78, 5) is 12.0. The van der Waals surface area contributed by atoms with Crippen LogP contribution in [-0.4, -0.2) is 26.3 Å². The van der Waals surface area contributed by atoms with Gasteiger partial charge in [0.2, 0.25) is 0 Å². The van der Waals surface area contributed by atoms with E-state index in [2.05, 4.69) is 0 Å². The minimum atomic E-state index is -0.466. The first-order valence-corrected chi connectivity index (χ1v) is 6.77. The fourth-order valence-electron chi connectivity index (χ4n) is 1.62. The molecule has 0 saturated carbocycles. The van der Waals surface area contributed by atoms with Gasteiger partial charge >= 0.3 is 5.97 Å². The number of carbonyl (C=O) groups is 1. The van der Waals surface area contributed by atoms with Crippen LogP contribution in [0, 0.1) is 0 Å². The summed E-state index contributed by atoms with van der Waals surface area (Å²) in [6.07, 6.45) is 0. The average molecular weight is 307 g/mol. The van der Waals surface area contributed by atoms with Crippen LogP contribution in [0.2, 0.25) is 5.02 Å². The third-order valence-electron chi connectivity index (χ3n) is 2.69. The second-order valence-electron chi connectivity index (χ2n) is 4.19. The van der Waals surface area contributed by atoms with Gasteiger partial charge in [0.05, 0.1) is 17.2 Å². The molecule has 0 aliphatic carbocycles. The van der Waals surface area contributed by atoms with Crippen molar-refractivity contribution in [1.82, 2.24) is 0 Å². The molecule has 0 N–H and O–H groups in total. The van der Waals surface area contributed by atoms with Crippen LogP contribution >= 0.6 is 11.6 Å². The van der Waals surface area contributed by atoms with Crippen LogP contribution in [0.4, 0.5) is 0 Å². The number of methoxy groups -OCH3 is 1. The predicted molar refractivity (Wildman–Crippen MR) is 80.2 cm³/mol. The number of benzene rings is 2. The lowest BCUT2D eigenvalue weighted by molar-refractivity contribution is 0.0735. The summed E-state index contributed by atoms with van der Waals surface area (Å²) in [6.45, 7) is 0.968. The van der Waals surface area contributed by atoms with Crippen LogP contribution in [0.3, 0.4) is 0 Å². The van der Waals surface area contributed by atoms with Crippen molar-refractivity contribution in [3.05, 3.63) is 59.1 Å². The van der Waals surface area contributed by atoms with E-state index in [1.165, 1.54) is 0 Å². The fourth-order valence-corrected chi connectivity index (χ4v) is 1.79. The van der Waals surface area contributed by atoms with Crippen molar-refractivity contribution in [2.24, 2.45) is 0 Å². The molecule has 0 atom stereocenters. The summed E-state index contributed by atoms with van der Waals surface area (Å²) in [5, 5.41) is 0.394. The number of rotatable bonds is 6. The number of halogens is 1. The Balaban J connectivity index is 1.98. The standard InChI is InChI=1S/C16H15ClO4/c1-19-10-11-20-13-8-6-12(7-9-13)16(18)21-15-5-3-2-4-14(15)17/h2-9H,10-11H2,1H3. The highest BCUT2D eigenvalue weighted by Crippen LogP contribution is 2.24. The summed E-state index contributed by atoms with van der Waals surface area (Å²) in [6, 6.07) is 13.5. The van der Waals surface area contributed by atoms with Gasteiger partial charge in [-0.2, -0.15) is 0 Å². The van der Waals surface area contributed by atoms with Gasteiger partial charge in [0.1, 0.15) is 18.1 Å². The first-order valence-electron chi connectivity index (χ1n) is 6.39. The zero-order valence-corrected chi connectivity index (χ0v) is 12.3. The molecule has 2 aromatic carbocycles. The molecule has 21 heavy (non-hydrogen) atoms. The Labute approximate surface area is 128 Å². The number of hydrogen-bond donors (Lipinski definition) is 0.